The molecule has 3 heteroatoms. The summed E-state index contributed by atoms with van der Waals surface area (Å²) in [5.41, 5.74) is 5.89. The summed E-state index contributed by atoms with van der Waals surface area (Å²) in [6.07, 6.45) is 1.22. The second kappa shape index (κ2) is 7.21. The molecule has 0 amide bonds. The molecule has 0 saturated heterocycles. The van der Waals surface area contributed by atoms with E-state index < -0.39 is 0 Å². The lowest BCUT2D eigenvalue weighted by Gasteiger charge is -2.30. The number of rotatable bonds is 7. The van der Waals surface area contributed by atoms with Gasteiger partial charge in [-0.1, -0.05) is 6.92 Å². The van der Waals surface area contributed by atoms with Crippen LogP contribution in [0.3, 0.4) is 0 Å². The Balaban J connectivity index is 3.79. The quantitative estimate of drug-likeness (QED) is 0.667. The largest absolute Gasteiger partial charge is 0.327 e. The Labute approximate surface area is 89.2 Å². The van der Waals surface area contributed by atoms with Crippen molar-refractivity contribution in [3.63, 3.8) is 0 Å². The summed E-state index contributed by atoms with van der Waals surface area (Å²) in [7, 11) is 4.23. The van der Waals surface area contributed by atoms with Gasteiger partial charge in [0.05, 0.1) is 0 Å². The lowest BCUT2D eigenvalue weighted by atomic mass is 10.1. The number of likely N-dealkylation sites (N-methyl/N-ethyl adjacent to an activating group) is 1. The summed E-state index contributed by atoms with van der Waals surface area (Å²) in [5, 5.41) is 0. The third-order valence-electron chi connectivity index (χ3n) is 2.79. The third-order valence-corrected chi connectivity index (χ3v) is 2.79. The molecule has 0 rings (SSSR count). The molecule has 0 aromatic rings. The Bertz CT molecular complexity index is 134. The van der Waals surface area contributed by atoms with E-state index >= 15 is 0 Å². The van der Waals surface area contributed by atoms with E-state index in [2.05, 4.69) is 44.7 Å². The molecule has 0 aromatic carbocycles. The number of hydrogen-bond donors (Lipinski definition) is 1. The molecule has 0 spiro atoms. The first kappa shape index (κ1) is 13.9. The average molecular weight is 201 g/mol. The fourth-order valence-electron chi connectivity index (χ4n) is 1.57. The second-order valence-corrected chi connectivity index (χ2v) is 4.39. The van der Waals surface area contributed by atoms with Gasteiger partial charge < -0.3 is 10.6 Å². The van der Waals surface area contributed by atoms with Gasteiger partial charge in [0, 0.05) is 12.1 Å². The van der Waals surface area contributed by atoms with Gasteiger partial charge in [0.1, 0.15) is 0 Å². The molecular formula is C11H27N3. The molecule has 86 valence electrons. The Hall–Kier alpha value is -0.120. The summed E-state index contributed by atoms with van der Waals surface area (Å²) >= 11 is 0. The first-order chi connectivity index (χ1) is 6.49. The van der Waals surface area contributed by atoms with Gasteiger partial charge in [-0.15, -0.1) is 0 Å². The Kier molecular flexibility index (Phi) is 7.15. The Morgan fingerprint density at radius 3 is 2.07 bits per heavy atom. The molecule has 0 radical (unpaired) electrons. The van der Waals surface area contributed by atoms with Crippen LogP contribution in [0.4, 0.5) is 0 Å². The van der Waals surface area contributed by atoms with Gasteiger partial charge in [-0.25, -0.2) is 0 Å². The number of nitrogens with zero attached hydrogens (tertiary/aromatic N) is 2. The van der Waals surface area contributed by atoms with Gasteiger partial charge in [0.25, 0.3) is 0 Å². The molecule has 0 aromatic heterocycles. The predicted octanol–water partition coefficient (Wildman–Crippen LogP) is 0.996. The Morgan fingerprint density at radius 1 is 1.14 bits per heavy atom. The van der Waals surface area contributed by atoms with Gasteiger partial charge in [-0.2, -0.15) is 0 Å². The van der Waals surface area contributed by atoms with Crippen LogP contribution in [0.2, 0.25) is 0 Å². The molecule has 0 saturated carbocycles. The van der Waals surface area contributed by atoms with Crippen LogP contribution in [0.5, 0.6) is 0 Å². The summed E-state index contributed by atoms with van der Waals surface area (Å²) < 4.78 is 0. The normalized spacial score (nSPS) is 16.3. The predicted molar refractivity (Wildman–Crippen MR) is 63.5 cm³/mol. The highest BCUT2D eigenvalue weighted by Crippen LogP contribution is 2.03. The van der Waals surface area contributed by atoms with Crippen LogP contribution in [-0.2, 0) is 0 Å². The van der Waals surface area contributed by atoms with Gasteiger partial charge in [-0.3, -0.25) is 4.90 Å². The van der Waals surface area contributed by atoms with Crippen LogP contribution < -0.4 is 5.73 Å². The molecule has 14 heavy (non-hydrogen) atoms. The summed E-state index contributed by atoms with van der Waals surface area (Å²) in [5.74, 6) is 0. The van der Waals surface area contributed by atoms with E-state index in [0.717, 1.165) is 19.6 Å². The highest BCUT2D eigenvalue weighted by atomic mass is 15.2. The molecule has 3 nitrogen and oxygen atoms in total. The van der Waals surface area contributed by atoms with Crippen molar-refractivity contribution < 1.29 is 0 Å². The summed E-state index contributed by atoms with van der Waals surface area (Å²) in [6.45, 7) is 9.90. The topological polar surface area (TPSA) is 32.5 Å². The zero-order chi connectivity index (χ0) is 11.1. The maximum Gasteiger partial charge on any atom is 0.0216 e. The van der Waals surface area contributed by atoms with E-state index in [-0.39, 0.29) is 6.04 Å². The monoisotopic (exact) mass is 201 g/mol. The summed E-state index contributed by atoms with van der Waals surface area (Å²) in [6, 6.07) is 0.747. The minimum absolute atomic E-state index is 0.259. The zero-order valence-electron chi connectivity index (χ0n) is 10.5. The van der Waals surface area contributed by atoms with Crippen molar-refractivity contribution in [1.29, 1.82) is 0 Å². The maximum atomic E-state index is 5.89. The first-order valence-electron chi connectivity index (χ1n) is 5.63. The van der Waals surface area contributed by atoms with Crippen molar-refractivity contribution in [1.82, 2.24) is 9.80 Å². The summed E-state index contributed by atoms with van der Waals surface area (Å²) in [4.78, 5) is 4.68. The van der Waals surface area contributed by atoms with Gasteiger partial charge in [-0.05, 0) is 54.0 Å². The molecule has 2 unspecified atom stereocenters. The van der Waals surface area contributed by atoms with Crippen LogP contribution in [0, 0.1) is 0 Å². The third kappa shape index (κ3) is 5.58. The van der Waals surface area contributed by atoms with Crippen LogP contribution in [0.1, 0.15) is 27.2 Å². The molecule has 0 aliphatic carbocycles. The van der Waals surface area contributed by atoms with Crippen molar-refractivity contribution in [2.45, 2.75) is 39.3 Å². The minimum atomic E-state index is 0.259. The van der Waals surface area contributed by atoms with E-state index in [1.54, 1.807) is 0 Å². The molecule has 0 aliphatic heterocycles. The molecule has 0 heterocycles. The van der Waals surface area contributed by atoms with E-state index in [4.69, 9.17) is 5.73 Å². The highest BCUT2D eigenvalue weighted by molar-refractivity contribution is 4.74. The lowest BCUT2D eigenvalue weighted by Crippen LogP contribution is -2.45. The molecular weight excluding hydrogens is 174 g/mol. The fraction of sp³-hybridized carbons (Fsp3) is 1.00. The standard InChI is InChI=1S/C11H27N3/c1-6-14(11(3)10(2)12)9-7-8-13(4)5/h10-11H,6-9,12H2,1-5H3. The molecule has 2 N–H and O–H groups in total. The smallest absolute Gasteiger partial charge is 0.0216 e. The van der Waals surface area contributed by atoms with Crippen molar-refractivity contribution in [3.05, 3.63) is 0 Å². The minimum Gasteiger partial charge on any atom is -0.327 e. The molecule has 0 bridgehead atoms. The molecule has 2 atom stereocenters. The van der Waals surface area contributed by atoms with Crippen LogP contribution in [-0.4, -0.2) is 55.6 Å². The van der Waals surface area contributed by atoms with Crippen molar-refractivity contribution >= 4 is 0 Å². The lowest BCUT2D eigenvalue weighted by molar-refractivity contribution is 0.189. The van der Waals surface area contributed by atoms with E-state index in [1.165, 1.54) is 6.42 Å². The highest BCUT2D eigenvalue weighted by Gasteiger charge is 2.14. The maximum absolute atomic E-state index is 5.89. The van der Waals surface area contributed by atoms with Gasteiger partial charge >= 0.3 is 0 Å². The van der Waals surface area contributed by atoms with Crippen molar-refractivity contribution in [3.8, 4) is 0 Å². The Morgan fingerprint density at radius 2 is 1.71 bits per heavy atom. The van der Waals surface area contributed by atoms with Crippen molar-refractivity contribution in [2.75, 3.05) is 33.7 Å². The van der Waals surface area contributed by atoms with Crippen LogP contribution in [0.25, 0.3) is 0 Å². The van der Waals surface area contributed by atoms with E-state index in [1.807, 2.05) is 0 Å². The SMILES string of the molecule is CCN(CCCN(C)C)C(C)C(C)N. The van der Waals surface area contributed by atoms with Gasteiger partial charge in [0.2, 0.25) is 0 Å². The van der Waals surface area contributed by atoms with Gasteiger partial charge in [0.15, 0.2) is 0 Å². The zero-order valence-corrected chi connectivity index (χ0v) is 10.5. The second-order valence-electron chi connectivity index (χ2n) is 4.39. The van der Waals surface area contributed by atoms with Crippen LogP contribution in [0.15, 0.2) is 0 Å². The number of nitrogens with two attached hydrogens (primary N) is 1. The fourth-order valence-corrected chi connectivity index (χ4v) is 1.57. The van der Waals surface area contributed by atoms with Crippen molar-refractivity contribution in [2.24, 2.45) is 5.73 Å². The van der Waals surface area contributed by atoms with E-state index in [9.17, 15) is 0 Å². The number of hydrogen-bond acceptors (Lipinski definition) is 3. The molecule has 0 aliphatic rings. The first-order valence-corrected chi connectivity index (χ1v) is 5.63. The van der Waals surface area contributed by atoms with Crippen LogP contribution >= 0.6 is 0 Å². The molecule has 0 fully saturated rings. The average Bonchev–Trinajstić information content (AvgIpc) is 2.10. The van der Waals surface area contributed by atoms with E-state index in [0.29, 0.717) is 6.04 Å².